The third-order valence-electron chi connectivity index (χ3n) is 7.54. The number of rotatable bonds is 8. The molecule has 1 aromatic rings. The van der Waals surface area contributed by atoms with Gasteiger partial charge in [-0.15, -0.1) is 0 Å². The Morgan fingerprint density at radius 2 is 1.82 bits per heavy atom. The molecule has 0 aliphatic carbocycles. The number of halogens is 1. The maximum Gasteiger partial charge on any atom is 0.288 e. The predicted octanol–water partition coefficient (Wildman–Crippen LogP) is 4.05. The molecule has 3 aliphatic heterocycles. The summed E-state index contributed by atoms with van der Waals surface area (Å²) in [6, 6.07) is 7.00. The van der Waals surface area contributed by atoms with Gasteiger partial charge in [0.05, 0.1) is 0 Å². The van der Waals surface area contributed by atoms with Crippen LogP contribution in [0.2, 0.25) is 0 Å². The van der Waals surface area contributed by atoms with Crippen molar-refractivity contribution < 1.29 is 23.8 Å². The molecule has 1 aromatic carbocycles. The Morgan fingerprint density at radius 1 is 1.12 bits per heavy atom. The quantitative estimate of drug-likeness (QED) is 0.616. The van der Waals surface area contributed by atoms with Crippen LogP contribution in [0.5, 0.6) is 0 Å². The normalized spacial score (nSPS) is 26.7. The largest absolute Gasteiger partial charge is 0.459 e. The third kappa shape index (κ3) is 5.99. The van der Waals surface area contributed by atoms with E-state index in [0.29, 0.717) is 31.2 Å². The van der Waals surface area contributed by atoms with Gasteiger partial charge in [-0.2, -0.15) is 0 Å². The fourth-order valence-electron chi connectivity index (χ4n) is 5.70. The number of likely N-dealkylation sites (tertiary alicyclic amines) is 2. The average molecular weight is 475 g/mol. The Morgan fingerprint density at radius 3 is 2.47 bits per heavy atom. The SMILES string of the molecule is CCO[C@H]1OC(C(=O)N2CCC(N3CCCCC3)CC2)=C[C@@H](c2ccc(F)cc2)[C@H]1CCCO. The van der Waals surface area contributed by atoms with E-state index in [1.54, 1.807) is 12.1 Å². The Hall–Kier alpha value is -1.96. The number of ether oxygens (including phenoxy) is 2. The maximum atomic E-state index is 13.6. The summed E-state index contributed by atoms with van der Waals surface area (Å²) in [5, 5.41) is 9.42. The summed E-state index contributed by atoms with van der Waals surface area (Å²) in [5.74, 6) is -0.277. The van der Waals surface area contributed by atoms with Crippen LogP contribution in [-0.2, 0) is 14.3 Å². The van der Waals surface area contributed by atoms with E-state index in [-0.39, 0.29) is 30.2 Å². The molecule has 7 heteroatoms. The first-order chi connectivity index (χ1) is 16.6. The number of amides is 1. The van der Waals surface area contributed by atoms with Crippen LogP contribution in [0.25, 0.3) is 0 Å². The first-order valence-electron chi connectivity index (χ1n) is 13.0. The summed E-state index contributed by atoms with van der Waals surface area (Å²) in [6.07, 6.45) is 8.48. The van der Waals surface area contributed by atoms with E-state index in [0.717, 1.165) is 31.5 Å². The smallest absolute Gasteiger partial charge is 0.288 e. The molecule has 3 atom stereocenters. The summed E-state index contributed by atoms with van der Waals surface area (Å²) in [4.78, 5) is 18.0. The minimum absolute atomic E-state index is 0.0704. The zero-order valence-corrected chi connectivity index (χ0v) is 20.3. The molecule has 0 saturated carbocycles. The monoisotopic (exact) mass is 474 g/mol. The minimum atomic E-state index is -0.582. The molecule has 0 radical (unpaired) electrons. The fraction of sp³-hybridized carbons (Fsp3) is 0.667. The van der Waals surface area contributed by atoms with E-state index in [1.165, 1.54) is 44.5 Å². The standard InChI is InChI=1S/C27H39FN2O4/c1-2-33-27-23(7-6-18-31)24(20-8-10-21(28)11-9-20)19-25(34-27)26(32)30-16-12-22(13-17-30)29-14-4-3-5-15-29/h8-11,19,22-24,27,31H,2-7,12-18H2,1H3/t23-,24+,27+/m1/s1. The van der Waals surface area contributed by atoms with Gasteiger partial charge in [-0.1, -0.05) is 18.6 Å². The van der Waals surface area contributed by atoms with Gasteiger partial charge < -0.3 is 24.4 Å². The highest BCUT2D eigenvalue weighted by atomic mass is 19.1. The van der Waals surface area contributed by atoms with Gasteiger partial charge in [0.1, 0.15) is 5.82 Å². The van der Waals surface area contributed by atoms with Gasteiger partial charge in [0.15, 0.2) is 5.76 Å². The number of carbonyl (C=O) groups is 1. The molecule has 188 valence electrons. The van der Waals surface area contributed by atoms with Crippen molar-refractivity contribution in [3.63, 3.8) is 0 Å². The third-order valence-corrected chi connectivity index (χ3v) is 7.54. The molecule has 0 spiro atoms. The highest BCUT2D eigenvalue weighted by molar-refractivity contribution is 5.92. The highest BCUT2D eigenvalue weighted by Crippen LogP contribution is 2.40. The maximum absolute atomic E-state index is 13.6. The van der Waals surface area contributed by atoms with Crippen molar-refractivity contribution in [1.82, 2.24) is 9.80 Å². The van der Waals surface area contributed by atoms with E-state index in [1.807, 2.05) is 17.9 Å². The second-order valence-corrected chi connectivity index (χ2v) is 9.70. The van der Waals surface area contributed by atoms with Crippen LogP contribution in [0.3, 0.4) is 0 Å². The summed E-state index contributed by atoms with van der Waals surface area (Å²) in [5.41, 5.74) is 0.923. The Kier molecular flexibility index (Phi) is 8.98. The van der Waals surface area contributed by atoms with E-state index >= 15 is 0 Å². The van der Waals surface area contributed by atoms with Crippen LogP contribution in [0.15, 0.2) is 36.1 Å². The van der Waals surface area contributed by atoms with Gasteiger partial charge in [0.25, 0.3) is 5.91 Å². The Bertz CT molecular complexity index is 816. The second-order valence-electron chi connectivity index (χ2n) is 9.70. The molecule has 3 heterocycles. The number of aliphatic hydroxyl groups excluding tert-OH is 1. The van der Waals surface area contributed by atoms with Gasteiger partial charge in [0, 0.05) is 44.2 Å². The van der Waals surface area contributed by atoms with Crippen molar-refractivity contribution >= 4 is 5.91 Å². The Labute approximate surface area is 202 Å². The molecular formula is C27H39FN2O4. The summed E-state index contributed by atoms with van der Waals surface area (Å²) in [6.45, 7) is 6.26. The second kappa shape index (κ2) is 12.1. The van der Waals surface area contributed by atoms with Crippen molar-refractivity contribution in [1.29, 1.82) is 0 Å². The highest BCUT2D eigenvalue weighted by Gasteiger charge is 2.39. The van der Waals surface area contributed by atoms with Crippen LogP contribution < -0.4 is 0 Å². The van der Waals surface area contributed by atoms with Crippen molar-refractivity contribution in [2.75, 3.05) is 39.4 Å². The number of hydrogen-bond donors (Lipinski definition) is 1. The first-order valence-corrected chi connectivity index (χ1v) is 13.0. The van der Waals surface area contributed by atoms with E-state index in [4.69, 9.17) is 9.47 Å². The molecule has 34 heavy (non-hydrogen) atoms. The van der Waals surface area contributed by atoms with Gasteiger partial charge in [0.2, 0.25) is 6.29 Å². The number of nitrogens with zero attached hydrogens (tertiary/aromatic N) is 2. The summed E-state index contributed by atoms with van der Waals surface area (Å²) in [7, 11) is 0. The van der Waals surface area contributed by atoms with Crippen LogP contribution >= 0.6 is 0 Å². The lowest BCUT2D eigenvalue weighted by Gasteiger charge is -2.41. The van der Waals surface area contributed by atoms with Crippen molar-refractivity contribution in [3.05, 3.63) is 47.5 Å². The predicted molar refractivity (Wildman–Crippen MR) is 129 cm³/mol. The minimum Gasteiger partial charge on any atom is -0.459 e. The summed E-state index contributed by atoms with van der Waals surface area (Å²) >= 11 is 0. The molecule has 3 aliphatic rings. The number of carbonyl (C=O) groups excluding carboxylic acids is 1. The molecule has 0 aromatic heterocycles. The lowest BCUT2D eigenvalue weighted by Crippen LogP contribution is -2.49. The van der Waals surface area contributed by atoms with Crippen LogP contribution in [0.4, 0.5) is 4.39 Å². The Balaban J connectivity index is 1.51. The van der Waals surface area contributed by atoms with Crippen LogP contribution in [-0.4, -0.2) is 72.5 Å². The van der Waals surface area contributed by atoms with Crippen molar-refractivity contribution in [2.24, 2.45) is 5.92 Å². The van der Waals surface area contributed by atoms with Gasteiger partial charge in [-0.3, -0.25) is 4.79 Å². The number of allylic oxidation sites excluding steroid dienone is 1. The van der Waals surface area contributed by atoms with E-state index in [2.05, 4.69) is 4.90 Å². The first kappa shape index (κ1) is 25.1. The van der Waals surface area contributed by atoms with Crippen LogP contribution in [0.1, 0.15) is 63.4 Å². The van der Waals surface area contributed by atoms with Crippen LogP contribution in [0, 0.1) is 11.7 Å². The van der Waals surface area contributed by atoms with Gasteiger partial charge in [-0.25, -0.2) is 4.39 Å². The number of hydrogen-bond acceptors (Lipinski definition) is 5. The van der Waals surface area contributed by atoms with Gasteiger partial charge >= 0.3 is 0 Å². The fourth-order valence-corrected chi connectivity index (χ4v) is 5.70. The topological polar surface area (TPSA) is 62.2 Å². The number of piperidine rings is 2. The van der Waals surface area contributed by atoms with Gasteiger partial charge in [-0.05, 0) is 82.3 Å². The number of aliphatic hydroxyl groups is 1. The molecule has 2 fully saturated rings. The summed E-state index contributed by atoms with van der Waals surface area (Å²) < 4.78 is 25.7. The lowest BCUT2D eigenvalue weighted by molar-refractivity contribution is -0.171. The number of benzene rings is 1. The molecule has 6 nitrogen and oxygen atoms in total. The molecule has 1 amide bonds. The van der Waals surface area contributed by atoms with E-state index in [9.17, 15) is 14.3 Å². The molecule has 4 rings (SSSR count). The average Bonchev–Trinajstić information content (AvgIpc) is 2.88. The molecule has 2 saturated heterocycles. The zero-order chi connectivity index (χ0) is 23.9. The van der Waals surface area contributed by atoms with Crippen molar-refractivity contribution in [2.45, 2.75) is 70.1 Å². The zero-order valence-electron chi connectivity index (χ0n) is 20.3. The molecule has 0 bridgehead atoms. The van der Waals surface area contributed by atoms with E-state index < -0.39 is 6.29 Å². The lowest BCUT2D eigenvalue weighted by atomic mass is 9.80. The van der Waals surface area contributed by atoms with Crippen molar-refractivity contribution in [3.8, 4) is 0 Å². The molecular weight excluding hydrogens is 435 g/mol. The molecule has 0 unspecified atom stereocenters. The molecule has 1 N–H and O–H groups in total.